The summed E-state index contributed by atoms with van der Waals surface area (Å²) in [7, 11) is 1.57. The van der Waals surface area contributed by atoms with Crippen molar-refractivity contribution in [3.05, 3.63) is 106 Å². The molecule has 4 rings (SSSR count). The number of carbonyl (C=O) groups is 1. The van der Waals surface area contributed by atoms with Crippen LogP contribution in [0.15, 0.2) is 82.5 Å². The highest BCUT2D eigenvalue weighted by Gasteiger charge is 2.30. The number of benzene rings is 3. The van der Waals surface area contributed by atoms with Crippen LogP contribution in [0.2, 0.25) is 0 Å². The molecule has 0 aliphatic heterocycles. The van der Waals surface area contributed by atoms with Gasteiger partial charge in [0.1, 0.15) is 5.75 Å². The van der Waals surface area contributed by atoms with Crippen molar-refractivity contribution in [1.29, 1.82) is 0 Å². The largest absolute Gasteiger partial charge is 0.482 e. The van der Waals surface area contributed by atoms with Gasteiger partial charge in [0, 0.05) is 11.9 Å². The molecule has 0 saturated heterocycles. The summed E-state index contributed by atoms with van der Waals surface area (Å²) in [4.78, 5) is 24.7. The zero-order valence-corrected chi connectivity index (χ0v) is 20.6. The quantitative estimate of drug-likeness (QED) is 0.314. The fraction of sp³-hybridized carbons (Fsp3) is 0.192. The summed E-state index contributed by atoms with van der Waals surface area (Å²) in [5, 5.41) is 12.9. The average molecular weight is 530 g/mol. The van der Waals surface area contributed by atoms with Gasteiger partial charge >= 0.3 is 17.8 Å². The Hall–Kier alpha value is -3.99. The summed E-state index contributed by atoms with van der Waals surface area (Å²) < 4.78 is 46.7. The van der Waals surface area contributed by atoms with E-state index < -0.39 is 35.3 Å². The molecule has 11 heteroatoms. The molecule has 37 heavy (non-hydrogen) atoms. The molecule has 0 bridgehead atoms. The number of alkyl halides is 3. The van der Waals surface area contributed by atoms with E-state index in [1.54, 1.807) is 26.1 Å². The Balaban J connectivity index is 1.71. The molecule has 0 amide bonds. The first-order chi connectivity index (χ1) is 17.5. The smallest absolute Gasteiger partial charge is 0.416 e. The normalized spacial score (nSPS) is 12.4. The van der Waals surface area contributed by atoms with Crippen LogP contribution >= 0.6 is 11.8 Å². The van der Waals surface area contributed by atoms with E-state index in [1.807, 2.05) is 36.4 Å². The fourth-order valence-electron chi connectivity index (χ4n) is 3.67. The highest BCUT2D eigenvalue weighted by atomic mass is 32.2. The molecule has 7 nitrogen and oxygen atoms in total. The minimum atomic E-state index is -4.49. The number of aromatic nitrogens is 3. The molecule has 0 radical (unpaired) electrons. The first-order valence-corrected chi connectivity index (χ1v) is 11.9. The molecule has 1 atom stereocenters. The summed E-state index contributed by atoms with van der Waals surface area (Å²) in [5.41, 5.74) is 0.507. The zero-order valence-electron chi connectivity index (χ0n) is 19.8. The Kier molecular flexibility index (Phi) is 7.44. The number of rotatable bonds is 8. The van der Waals surface area contributed by atoms with Crippen LogP contribution < -0.4 is 10.4 Å². The predicted octanol–water partition coefficient (Wildman–Crippen LogP) is 5.24. The maximum Gasteiger partial charge on any atom is 0.416 e. The number of thioether (sulfide) groups is 1. The van der Waals surface area contributed by atoms with Crippen LogP contribution in [0.4, 0.5) is 13.2 Å². The van der Waals surface area contributed by atoms with E-state index in [0.29, 0.717) is 11.6 Å². The van der Waals surface area contributed by atoms with Crippen molar-refractivity contribution in [3.8, 4) is 11.4 Å². The van der Waals surface area contributed by atoms with Gasteiger partial charge in [-0.1, -0.05) is 30.3 Å². The number of aryl methyl sites for hydroxylation is 1. The van der Waals surface area contributed by atoms with Crippen LogP contribution in [0.5, 0.6) is 5.75 Å². The van der Waals surface area contributed by atoms with E-state index in [0.717, 1.165) is 32.8 Å². The van der Waals surface area contributed by atoms with Crippen molar-refractivity contribution in [3.63, 3.8) is 0 Å². The Labute approximate surface area is 214 Å². The SMILES string of the molecule is Cc1cc(SC(c2ccccc2)c2nn(-c3ccc(C(F)(F)F)cc3)c(=O)n2C)ccc1OCC(=O)O. The van der Waals surface area contributed by atoms with Crippen molar-refractivity contribution in [1.82, 2.24) is 14.3 Å². The van der Waals surface area contributed by atoms with Crippen molar-refractivity contribution < 1.29 is 27.8 Å². The Morgan fingerprint density at radius 1 is 1.08 bits per heavy atom. The van der Waals surface area contributed by atoms with Crippen LogP contribution in [-0.4, -0.2) is 32.0 Å². The van der Waals surface area contributed by atoms with Gasteiger partial charge in [-0.3, -0.25) is 4.57 Å². The first-order valence-electron chi connectivity index (χ1n) is 11.0. The second-order valence-corrected chi connectivity index (χ2v) is 9.35. The predicted molar refractivity (Wildman–Crippen MR) is 132 cm³/mol. The number of ether oxygens (including phenoxy) is 1. The lowest BCUT2D eigenvalue weighted by Crippen LogP contribution is -2.22. The zero-order chi connectivity index (χ0) is 26.7. The summed E-state index contributed by atoms with van der Waals surface area (Å²) in [6, 6.07) is 19.0. The lowest BCUT2D eigenvalue weighted by atomic mass is 10.1. The molecule has 192 valence electrons. The van der Waals surface area contributed by atoms with Crippen molar-refractivity contribution >= 4 is 17.7 Å². The molecular weight excluding hydrogens is 507 g/mol. The van der Waals surface area contributed by atoms with Gasteiger partial charge in [-0.2, -0.15) is 17.9 Å². The van der Waals surface area contributed by atoms with Crippen LogP contribution in [0, 0.1) is 6.92 Å². The third-order valence-electron chi connectivity index (χ3n) is 5.54. The molecule has 0 fully saturated rings. The van der Waals surface area contributed by atoms with Gasteiger partial charge in [-0.25, -0.2) is 9.59 Å². The lowest BCUT2D eigenvalue weighted by molar-refractivity contribution is -0.139. The van der Waals surface area contributed by atoms with Crippen LogP contribution in [-0.2, 0) is 18.0 Å². The number of carboxylic acids is 1. The third-order valence-corrected chi connectivity index (χ3v) is 6.79. The second kappa shape index (κ2) is 10.6. The van der Waals surface area contributed by atoms with Gasteiger partial charge < -0.3 is 9.84 Å². The number of carboxylic acid groups (broad SMARTS) is 1. The van der Waals surface area contributed by atoms with E-state index in [9.17, 15) is 22.8 Å². The number of nitrogens with zero attached hydrogens (tertiary/aromatic N) is 3. The van der Waals surface area contributed by atoms with Crippen molar-refractivity contribution in [2.45, 2.75) is 23.2 Å². The van der Waals surface area contributed by atoms with Gasteiger partial charge in [0.05, 0.1) is 16.5 Å². The highest BCUT2D eigenvalue weighted by Crippen LogP contribution is 2.40. The Bertz CT molecular complexity index is 1470. The molecule has 3 aromatic carbocycles. The van der Waals surface area contributed by atoms with Gasteiger partial charge in [0.15, 0.2) is 12.4 Å². The van der Waals surface area contributed by atoms with Crippen LogP contribution in [0.25, 0.3) is 5.69 Å². The Morgan fingerprint density at radius 3 is 2.35 bits per heavy atom. The summed E-state index contributed by atoms with van der Waals surface area (Å²) in [6.07, 6.45) is -4.49. The topological polar surface area (TPSA) is 86.4 Å². The molecule has 0 aliphatic carbocycles. The summed E-state index contributed by atoms with van der Waals surface area (Å²) in [5.74, 6) is -0.224. The highest BCUT2D eigenvalue weighted by molar-refractivity contribution is 7.99. The molecule has 1 heterocycles. The van der Waals surface area contributed by atoms with E-state index in [-0.39, 0.29) is 5.69 Å². The molecule has 4 aromatic rings. The van der Waals surface area contributed by atoms with E-state index in [2.05, 4.69) is 5.10 Å². The third kappa shape index (κ3) is 5.88. The van der Waals surface area contributed by atoms with E-state index >= 15 is 0 Å². The van der Waals surface area contributed by atoms with Crippen molar-refractivity contribution in [2.75, 3.05) is 6.61 Å². The molecule has 0 aliphatic rings. The number of hydrogen-bond donors (Lipinski definition) is 1. The van der Waals surface area contributed by atoms with Crippen LogP contribution in [0.1, 0.15) is 27.8 Å². The molecule has 1 aromatic heterocycles. The van der Waals surface area contributed by atoms with Gasteiger partial charge in [0.25, 0.3) is 0 Å². The summed E-state index contributed by atoms with van der Waals surface area (Å²) >= 11 is 1.42. The molecule has 0 saturated carbocycles. The van der Waals surface area contributed by atoms with Crippen molar-refractivity contribution in [2.24, 2.45) is 7.05 Å². The molecule has 1 N–H and O–H groups in total. The monoisotopic (exact) mass is 529 g/mol. The molecule has 1 unspecified atom stereocenters. The second-order valence-electron chi connectivity index (χ2n) is 8.17. The number of halogens is 3. The Morgan fingerprint density at radius 2 is 1.76 bits per heavy atom. The maximum absolute atomic E-state index is 13.1. The lowest BCUT2D eigenvalue weighted by Gasteiger charge is -2.17. The standard InChI is InChI=1S/C26H22F3N3O4S/c1-16-14-20(12-13-21(16)36-15-22(33)34)37-23(17-6-4-3-5-7-17)24-30-32(25(35)31(24)2)19-10-8-18(9-11-19)26(27,28)29/h3-14,23H,15H2,1-2H3,(H,33,34). The number of hydrogen-bond acceptors (Lipinski definition) is 5. The summed E-state index contributed by atoms with van der Waals surface area (Å²) in [6.45, 7) is 1.34. The average Bonchev–Trinajstić information content (AvgIpc) is 3.16. The van der Waals surface area contributed by atoms with Crippen LogP contribution in [0.3, 0.4) is 0 Å². The molecule has 0 spiro atoms. The minimum Gasteiger partial charge on any atom is -0.482 e. The first kappa shape index (κ1) is 26.1. The fourth-order valence-corrected chi connectivity index (χ4v) is 4.94. The van der Waals surface area contributed by atoms with E-state index in [4.69, 9.17) is 9.84 Å². The maximum atomic E-state index is 13.1. The van der Waals surface area contributed by atoms with Gasteiger partial charge in [0.2, 0.25) is 0 Å². The van der Waals surface area contributed by atoms with Gasteiger partial charge in [-0.05, 0) is 60.5 Å². The minimum absolute atomic E-state index is 0.215. The number of aliphatic carboxylic acids is 1. The van der Waals surface area contributed by atoms with Gasteiger partial charge in [-0.15, -0.1) is 16.9 Å². The molecular formula is C26H22F3N3O4S. The van der Waals surface area contributed by atoms with E-state index in [1.165, 1.54) is 28.5 Å².